The van der Waals surface area contributed by atoms with Crippen LogP contribution in [-0.2, 0) is 0 Å². The van der Waals surface area contributed by atoms with Crippen LogP contribution in [0.4, 0.5) is 0 Å². The zero-order valence-corrected chi connectivity index (χ0v) is 10.2. The zero-order chi connectivity index (χ0) is 11.9. The predicted octanol–water partition coefficient (Wildman–Crippen LogP) is 2.20. The van der Waals surface area contributed by atoms with Crippen molar-refractivity contribution < 1.29 is 9.90 Å². The molecule has 0 saturated carbocycles. The lowest BCUT2D eigenvalue weighted by Gasteiger charge is -2.44. The van der Waals surface area contributed by atoms with Gasteiger partial charge in [0.15, 0.2) is 0 Å². The molecule has 0 aliphatic carbocycles. The summed E-state index contributed by atoms with van der Waals surface area (Å²) in [6.45, 7) is 2.41. The van der Waals surface area contributed by atoms with Gasteiger partial charge in [0.2, 0.25) is 0 Å². The highest BCUT2D eigenvalue weighted by Crippen LogP contribution is 2.26. The third kappa shape index (κ3) is 2.17. The fraction of sp³-hybridized carbons (Fsp3) is 0.364. The number of amides is 1. The molecule has 1 aliphatic heterocycles. The maximum Gasteiger partial charge on any atom is 0.254 e. The van der Waals surface area contributed by atoms with Gasteiger partial charge in [0, 0.05) is 5.56 Å². The zero-order valence-electron chi connectivity index (χ0n) is 8.70. The maximum atomic E-state index is 11.9. The molecule has 1 aromatic rings. The van der Waals surface area contributed by atoms with Gasteiger partial charge < -0.3 is 10.0 Å². The molecule has 1 heterocycles. The molecule has 0 unspecified atom stereocenters. The van der Waals surface area contributed by atoms with E-state index in [0.29, 0.717) is 28.7 Å². The summed E-state index contributed by atoms with van der Waals surface area (Å²) >= 11 is 11.6. The Kier molecular flexibility index (Phi) is 2.86. The summed E-state index contributed by atoms with van der Waals surface area (Å²) in [5.41, 5.74) is -0.267. The molecular weight excluding hydrogens is 249 g/mol. The molecule has 0 radical (unpaired) electrons. The molecule has 0 aromatic heterocycles. The van der Waals surface area contributed by atoms with Crippen molar-refractivity contribution in [1.82, 2.24) is 4.90 Å². The number of β-amino-alcohol motifs (C(OH)–C–C–N with tert-alkyl or cyclic N) is 1. The number of hydrogen-bond acceptors (Lipinski definition) is 2. The summed E-state index contributed by atoms with van der Waals surface area (Å²) < 4.78 is 0. The summed E-state index contributed by atoms with van der Waals surface area (Å²) in [7, 11) is 0. The Labute approximate surface area is 104 Å². The van der Waals surface area contributed by atoms with Gasteiger partial charge in [-0.1, -0.05) is 23.2 Å². The Morgan fingerprint density at radius 3 is 2.50 bits per heavy atom. The van der Waals surface area contributed by atoms with E-state index in [9.17, 15) is 9.90 Å². The molecule has 1 saturated heterocycles. The van der Waals surface area contributed by atoms with Crippen LogP contribution in [-0.4, -0.2) is 34.6 Å². The van der Waals surface area contributed by atoms with Crippen molar-refractivity contribution in [3.05, 3.63) is 33.8 Å². The van der Waals surface area contributed by atoms with E-state index in [2.05, 4.69) is 0 Å². The molecule has 0 atom stereocenters. The standard InChI is InChI=1S/C11H11Cl2NO2/c1-11(16)5-14(6-11)10(15)7-2-3-8(12)9(13)4-7/h2-4,16H,5-6H2,1H3. The van der Waals surface area contributed by atoms with E-state index < -0.39 is 5.60 Å². The number of rotatable bonds is 1. The minimum atomic E-state index is -0.758. The Balaban J connectivity index is 2.13. The number of nitrogens with zero attached hydrogens (tertiary/aromatic N) is 1. The lowest BCUT2D eigenvalue weighted by atomic mass is 9.96. The van der Waals surface area contributed by atoms with Crippen molar-refractivity contribution in [3.63, 3.8) is 0 Å². The van der Waals surface area contributed by atoms with Crippen LogP contribution in [0, 0.1) is 0 Å². The van der Waals surface area contributed by atoms with E-state index in [1.807, 2.05) is 0 Å². The minimum absolute atomic E-state index is 0.134. The predicted molar refractivity (Wildman–Crippen MR) is 63.0 cm³/mol. The fourth-order valence-electron chi connectivity index (χ4n) is 1.73. The van der Waals surface area contributed by atoms with Gasteiger partial charge in [-0.3, -0.25) is 4.79 Å². The van der Waals surface area contributed by atoms with Crippen LogP contribution in [0.2, 0.25) is 10.0 Å². The SMILES string of the molecule is CC1(O)CN(C(=O)c2ccc(Cl)c(Cl)c2)C1. The maximum absolute atomic E-state index is 11.9. The third-order valence-corrected chi connectivity index (χ3v) is 3.26. The quantitative estimate of drug-likeness (QED) is 0.840. The van der Waals surface area contributed by atoms with Gasteiger partial charge in [-0.25, -0.2) is 0 Å². The first-order valence-electron chi connectivity index (χ1n) is 4.86. The van der Waals surface area contributed by atoms with Crippen LogP contribution in [0.15, 0.2) is 18.2 Å². The van der Waals surface area contributed by atoms with Crippen molar-refractivity contribution in [3.8, 4) is 0 Å². The smallest absolute Gasteiger partial charge is 0.254 e. The number of hydrogen-bond donors (Lipinski definition) is 1. The Hall–Kier alpha value is -0.770. The average molecular weight is 260 g/mol. The first-order valence-corrected chi connectivity index (χ1v) is 5.61. The lowest BCUT2D eigenvalue weighted by Crippen LogP contribution is -2.61. The summed E-state index contributed by atoms with van der Waals surface area (Å²) in [6.07, 6.45) is 0. The molecule has 1 fully saturated rings. The van der Waals surface area contributed by atoms with E-state index in [1.54, 1.807) is 30.0 Å². The molecule has 0 spiro atoms. The van der Waals surface area contributed by atoms with Crippen LogP contribution in [0.25, 0.3) is 0 Å². The van der Waals surface area contributed by atoms with Crippen molar-refractivity contribution in [1.29, 1.82) is 0 Å². The van der Waals surface area contributed by atoms with E-state index in [0.717, 1.165) is 0 Å². The second kappa shape index (κ2) is 3.91. The summed E-state index contributed by atoms with van der Waals surface area (Å²) in [5, 5.41) is 10.3. The second-order valence-electron chi connectivity index (χ2n) is 4.29. The highest BCUT2D eigenvalue weighted by Gasteiger charge is 2.39. The lowest BCUT2D eigenvalue weighted by molar-refractivity contribution is -0.0668. The molecule has 16 heavy (non-hydrogen) atoms. The molecule has 3 nitrogen and oxygen atoms in total. The first-order chi connectivity index (χ1) is 7.39. The van der Waals surface area contributed by atoms with Crippen LogP contribution < -0.4 is 0 Å². The van der Waals surface area contributed by atoms with Gasteiger partial charge in [-0.05, 0) is 25.1 Å². The van der Waals surface area contributed by atoms with Crippen molar-refractivity contribution in [2.75, 3.05) is 13.1 Å². The Morgan fingerprint density at radius 1 is 1.38 bits per heavy atom. The average Bonchev–Trinajstić information content (AvgIpc) is 2.17. The number of aliphatic hydroxyl groups is 1. The first kappa shape index (κ1) is 11.7. The van der Waals surface area contributed by atoms with E-state index in [4.69, 9.17) is 23.2 Å². The van der Waals surface area contributed by atoms with Crippen molar-refractivity contribution >= 4 is 29.1 Å². The third-order valence-electron chi connectivity index (χ3n) is 2.52. The largest absolute Gasteiger partial charge is 0.386 e. The van der Waals surface area contributed by atoms with E-state index in [1.165, 1.54) is 0 Å². The van der Waals surface area contributed by atoms with E-state index in [-0.39, 0.29) is 5.91 Å². The number of carbonyl (C=O) groups excluding carboxylic acids is 1. The van der Waals surface area contributed by atoms with Crippen molar-refractivity contribution in [2.45, 2.75) is 12.5 Å². The normalized spacial score (nSPS) is 18.1. The molecule has 5 heteroatoms. The van der Waals surface area contributed by atoms with Crippen LogP contribution in [0.1, 0.15) is 17.3 Å². The summed E-state index contributed by atoms with van der Waals surface area (Å²) in [6, 6.07) is 4.76. The molecule has 1 N–H and O–H groups in total. The molecular formula is C11H11Cl2NO2. The Morgan fingerprint density at radius 2 is 2.00 bits per heavy atom. The topological polar surface area (TPSA) is 40.5 Å². The molecule has 1 aliphatic rings. The van der Waals surface area contributed by atoms with Gasteiger partial charge >= 0.3 is 0 Å². The highest BCUT2D eigenvalue weighted by molar-refractivity contribution is 6.42. The van der Waals surface area contributed by atoms with Gasteiger partial charge in [0.1, 0.15) is 0 Å². The fourth-order valence-corrected chi connectivity index (χ4v) is 2.03. The molecule has 86 valence electrons. The summed E-state index contributed by atoms with van der Waals surface area (Å²) in [4.78, 5) is 13.5. The number of benzene rings is 1. The molecule has 1 aromatic carbocycles. The van der Waals surface area contributed by atoms with Crippen molar-refractivity contribution in [2.24, 2.45) is 0 Å². The molecule has 0 bridgehead atoms. The van der Waals surface area contributed by atoms with Gasteiger partial charge in [-0.2, -0.15) is 0 Å². The molecule has 2 rings (SSSR count). The number of halogens is 2. The van der Waals surface area contributed by atoms with Gasteiger partial charge in [0.05, 0.1) is 28.7 Å². The van der Waals surface area contributed by atoms with Crippen LogP contribution >= 0.6 is 23.2 Å². The van der Waals surface area contributed by atoms with E-state index >= 15 is 0 Å². The molecule has 1 amide bonds. The van der Waals surface area contributed by atoms with Crippen LogP contribution in [0.5, 0.6) is 0 Å². The van der Waals surface area contributed by atoms with Gasteiger partial charge in [0.25, 0.3) is 5.91 Å². The Bertz CT molecular complexity index is 438. The van der Waals surface area contributed by atoms with Gasteiger partial charge in [-0.15, -0.1) is 0 Å². The summed E-state index contributed by atoms with van der Waals surface area (Å²) in [5.74, 6) is -0.134. The minimum Gasteiger partial charge on any atom is -0.386 e. The number of likely N-dealkylation sites (tertiary alicyclic amines) is 1. The monoisotopic (exact) mass is 259 g/mol. The second-order valence-corrected chi connectivity index (χ2v) is 5.10. The highest BCUT2D eigenvalue weighted by atomic mass is 35.5. The number of carbonyl (C=O) groups is 1. The van der Waals surface area contributed by atoms with Crippen LogP contribution in [0.3, 0.4) is 0 Å².